The highest BCUT2D eigenvalue weighted by Crippen LogP contribution is 2.12. The molecule has 0 bridgehead atoms. The van der Waals surface area contributed by atoms with E-state index in [1.807, 2.05) is 11.4 Å². The average molecular weight is 209 g/mol. The third kappa shape index (κ3) is 1.56. The molecule has 5 heteroatoms. The van der Waals surface area contributed by atoms with Crippen molar-refractivity contribution < 1.29 is 4.74 Å². The summed E-state index contributed by atoms with van der Waals surface area (Å²) in [5.41, 5.74) is 1.41. The van der Waals surface area contributed by atoms with Crippen molar-refractivity contribution in [1.82, 2.24) is 9.55 Å². The van der Waals surface area contributed by atoms with Gasteiger partial charge in [0.05, 0.1) is 23.2 Å². The van der Waals surface area contributed by atoms with Crippen molar-refractivity contribution in [2.24, 2.45) is 0 Å². The Morgan fingerprint density at radius 2 is 2.50 bits per heavy atom. The Bertz CT molecular complexity index is 488. The number of ether oxygens (including phenoxy) is 1. The van der Waals surface area contributed by atoms with Gasteiger partial charge in [0.1, 0.15) is 5.49 Å². The van der Waals surface area contributed by atoms with Gasteiger partial charge in [-0.2, -0.15) is 0 Å². The SMILES string of the molecule is COCCn1cnc2ccsc2c1=N. The van der Waals surface area contributed by atoms with Gasteiger partial charge < -0.3 is 9.30 Å². The molecule has 2 rings (SSSR count). The molecular formula is C9H11N3OS. The lowest BCUT2D eigenvalue weighted by Gasteiger charge is -2.04. The van der Waals surface area contributed by atoms with Crippen molar-refractivity contribution in [3.63, 3.8) is 0 Å². The normalized spacial score (nSPS) is 10.9. The molecule has 0 spiro atoms. The molecule has 0 saturated carbocycles. The summed E-state index contributed by atoms with van der Waals surface area (Å²) in [6, 6.07) is 1.93. The summed E-state index contributed by atoms with van der Waals surface area (Å²) in [6.45, 7) is 1.28. The van der Waals surface area contributed by atoms with Gasteiger partial charge in [-0.15, -0.1) is 11.3 Å². The van der Waals surface area contributed by atoms with Crippen LogP contribution in [0, 0.1) is 5.41 Å². The molecule has 2 aromatic rings. The van der Waals surface area contributed by atoms with Gasteiger partial charge in [-0.1, -0.05) is 0 Å². The van der Waals surface area contributed by atoms with Gasteiger partial charge in [-0.05, 0) is 11.4 Å². The minimum atomic E-state index is 0.516. The van der Waals surface area contributed by atoms with E-state index in [1.54, 1.807) is 29.3 Å². The number of hydrogen-bond acceptors (Lipinski definition) is 4. The van der Waals surface area contributed by atoms with E-state index in [1.165, 1.54) is 0 Å². The van der Waals surface area contributed by atoms with E-state index in [0.29, 0.717) is 18.6 Å². The first-order valence-corrected chi connectivity index (χ1v) is 5.17. The fourth-order valence-corrected chi connectivity index (χ4v) is 2.06. The number of hydrogen-bond donors (Lipinski definition) is 1. The topological polar surface area (TPSA) is 50.9 Å². The van der Waals surface area contributed by atoms with Crippen molar-refractivity contribution in [3.8, 4) is 0 Å². The number of aromatic nitrogens is 2. The first kappa shape index (κ1) is 9.36. The first-order chi connectivity index (χ1) is 6.83. The van der Waals surface area contributed by atoms with Crippen molar-refractivity contribution in [3.05, 3.63) is 23.3 Å². The third-order valence-corrected chi connectivity index (χ3v) is 2.93. The van der Waals surface area contributed by atoms with E-state index in [0.717, 1.165) is 10.2 Å². The maximum atomic E-state index is 7.91. The maximum absolute atomic E-state index is 7.91. The molecule has 74 valence electrons. The lowest BCUT2D eigenvalue weighted by Crippen LogP contribution is -2.21. The molecule has 1 N–H and O–H groups in total. The van der Waals surface area contributed by atoms with E-state index < -0.39 is 0 Å². The summed E-state index contributed by atoms with van der Waals surface area (Å²) in [6.07, 6.45) is 1.69. The van der Waals surface area contributed by atoms with Gasteiger partial charge in [0.15, 0.2) is 0 Å². The van der Waals surface area contributed by atoms with Gasteiger partial charge in [0.25, 0.3) is 0 Å². The zero-order valence-electron chi connectivity index (χ0n) is 7.86. The summed E-state index contributed by atoms with van der Waals surface area (Å²) < 4.78 is 7.69. The second-order valence-corrected chi connectivity index (χ2v) is 3.83. The molecule has 0 atom stereocenters. The van der Waals surface area contributed by atoms with Gasteiger partial charge in [0.2, 0.25) is 0 Å². The standard InChI is InChI=1S/C9H11N3OS/c1-13-4-3-12-6-11-7-2-5-14-8(7)9(12)10/h2,5-6,10H,3-4H2,1H3. The maximum Gasteiger partial charge on any atom is 0.145 e. The predicted octanol–water partition coefficient (Wildman–Crippen LogP) is 1.22. The fourth-order valence-electron chi connectivity index (χ4n) is 1.26. The summed E-state index contributed by atoms with van der Waals surface area (Å²) in [5.74, 6) is 0. The molecule has 14 heavy (non-hydrogen) atoms. The molecule has 0 fully saturated rings. The van der Waals surface area contributed by atoms with Crippen LogP contribution in [0.4, 0.5) is 0 Å². The Hall–Kier alpha value is -1.20. The molecule has 2 heterocycles. The molecule has 0 aromatic carbocycles. The fraction of sp³-hybridized carbons (Fsp3) is 0.333. The lowest BCUT2D eigenvalue weighted by atomic mass is 10.4. The zero-order chi connectivity index (χ0) is 9.97. The molecule has 0 amide bonds. The van der Waals surface area contributed by atoms with E-state index in [4.69, 9.17) is 10.1 Å². The van der Waals surface area contributed by atoms with E-state index in [9.17, 15) is 0 Å². The number of nitrogens with one attached hydrogen (secondary N) is 1. The van der Waals surface area contributed by atoms with Crippen LogP contribution in [0.1, 0.15) is 0 Å². The number of nitrogens with zero attached hydrogens (tertiary/aromatic N) is 2. The van der Waals surface area contributed by atoms with Crippen LogP contribution in [0.3, 0.4) is 0 Å². The summed E-state index contributed by atoms with van der Waals surface area (Å²) >= 11 is 1.55. The Morgan fingerprint density at radius 1 is 1.64 bits per heavy atom. The van der Waals surface area contributed by atoms with E-state index in [2.05, 4.69) is 4.98 Å². The van der Waals surface area contributed by atoms with Gasteiger partial charge in [-0.3, -0.25) is 5.41 Å². The van der Waals surface area contributed by atoms with Crippen molar-refractivity contribution in [2.75, 3.05) is 13.7 Å². The quantitative estimate of drug-likeness (QED) is 0.826. The molecule has 0 aliphatic heterocycles. The Labute approximate surface area is 85.3 Å². The van der Waals surface area contributed by atoms with Crippen LogP contribution in [0.2, 0.25) is 0 Å². The molecule has 0 saturated heterocycles. The molecule has 0 aliphatic carbocycles. The third-order valence-electron chi connectivity index (χ3n) is 2.02. The lowest BCUT2D eigenvalue weighted by molar-refractivity contribution is 0.185. The van der Waals surface area contributed by atoms with Crippen LogP contribution in [0.5, 0.6) is 0 Å². The summed E-state index contributed by atoms with van der Waals surface area (Å²) in [7, 11) is 1.65. The largest absolute Gasteiger partial charge is 0.383 e. The minimum Gasteiger partial charge on any atom is -0.383 e. The van der Waals surface area contributed by atoms with Crippen LogP contribution in [-0.4, -0.2) is 23.3 Å². The summed E-state index contributed by atoms with van der Waals surface area (Å²) in [4.78, 5) is 4.25. The van der Waals surface area contributed by atoms with Gasteiger partial charge in [-0.25, -0.2) is 4.98 Å². The van der Waals surface area contributed by atoms with Crippen LogP contribution in [0.15, 0.2) is 17.8 Å². The second kappa shape index (κ2) is 3.89. The highest BCUT2D eigenvalue weighted by Gasteiger charge is 2.01. The van der Waals surface area contributed by atoms with Crippen LogP contribution in [-0.2, 0) is 11.3 Å². The van der Waals surface area contributed by atoms with Crippen LogP contribution < -0.4 is 5.49 Å². The van der Waals surface area contributed by atoms with Crippen molar-refractivity contribution in [2.45, 2.75) is 6.54 Å². The van der Waals surface area contributed by atoms with Crippen LogP contribution in [0.25, 0.3) is 10.2 Å². The monoisotopic (exact) mass is 209 g/mol. The highest BCUT2D eigenvalue weighted by molar-refractivity contribution is 7.17. The number of rotatable bonds is 3. The number of thiophene rings is 1. The second-order valence-electron chi connectivity index (χ2n) is 2.91. The zero-order valence-corrected chi connectivity index (χ0v) is 8.67. The van der Waals surface area contributed by atoms with Crippen molar-refractivity contribution >= 4 is 21.6 Å². The van der Waals surface area contributed by atoms with Gasteiger partial charge in [0, 0.05) is 13.7 Å². The number of methoxy groups -OCH3 is 1. The van der Waals surface area contributed by atoms with Crippen LogP contribution >= 0.6 is 11.3 Å². The Balaban J connectivity index is 2.46. The molecular weight excluding hydrogens is 198 g/mol. The minimum absolute atomic E-state index is 0.516. The Morgan fingerprint density at radius 3 is 3.29 bits per heavy atom. The van der Waals surface area contributed by atoms with E-state index in [-0.39, 0.29) is 0 Å². The Kier molecular flexibility index (Phi) is 2.60. The smallest absolute Gasteiger partial charge is 0.145 e. The predicted molar refractivity (Wildman–Crippen MR) is 55.3 cm³/mol. The highest BCUT2D eigenvalue weighted by atomic mass is 32.1. The van der Waals surface area contributed by atoms with Crippen molar-refractivity contribution in [1.29, 1.82) is 5.41 Å². The molecule has 4 nitrogen and oxygen atoms in total. The molecule has 0 unspecified atom stereocenters. The first-order valence-electron chi connectivity index (χ1n) is 4.29. The molecule has 0 radical (unpaired) electrons. The summed E-state index contributed by atoms with van der Waals surface area (Å²) in [5, 5.41) is 9.87. The molecule has 2 aromatic heterocycles. The molecule has 0 aliphatic rings. The van der Waals surface area contributed by atoms with E-state index >= 15 is 0 Å². The van der Waals surface area contributed by atoms with Gasteiger partial charge >= 0.3 is 0 Å². The average Bonchev–Trinajstić information content (AvgIpc) is 2.66. The number of fused-ring (bicyclic) bond motifs is 1.